The third-order valence-electron chi connectivity index (χ3n) is 3.31. The van der Waals surface area contributed by atoms with Crippen LogP contribution in [0.15, 0.2) is 50.2 Å². The van der Waals surface area contributed by atoms with Gasteiger partial charge in [-0.2, -0.15) is 0 Å². The molecule has 1 heterocycles. The molecular formula is C17H11Br2FN2O2S. The number of halogens is 3. The van der Waals surface area contributed by atoms with Crippen molar-refractivity contribution in [3.05, 3.63) is 67.2 Å². The van der Waals surface area contributed by atoms with Gasteiger partial charge in [0.1, 0.15) is 18.2 Å². The highest BCUT2D eigenvalue weighted by Gasteiger charge is 2.22. The first-order chi connectivity index (χ1) is 11.9. The van der Waals surface area contributed by atoms with Crippen LogP contribution < -0.4 is 10.1 Å². The highest BCUT2D eigenvalue weighted by atomic mass is 79.9. The lowest BCUT2D eigenvalue weighted by atomic mass is 10.2. The molecule has 0 saturated carbocycles. The SMILES string of the molecule is N=C1NC(=O)C(=Cc2cc(Br)c(OCc3ccccc3F)c(Br)c2)S1. The fourth-order valence-corrected chi connectivity index (χ4v) is 4.31. The van der Waals surface area contributed by atoms with Crippen molar-refractivity contribution in [2.75, 3.05) is 0 Å². The van der Waals surface area contributed by atoms with E-state index in [1.807, 2.05) is 0 Å². The molecule has 0 unspecified atom stereocenters. The topological polar surface area (TPSA) is 62.2 Å². The number of hydrogen-bond acceptors (Lipinski definition) is 4. The van der Waals surface area contributed by atoms with Gasteiger partial charge in [-0.15, -0.1) is 0 Å². The van der Waals surface area contributed by atoms with Crippen molar-refractivity contribution in [1.29, 1.82) is 5.41 Å². The van der Waals surface area contributed by atoms with E-state index in [1.165, 1.54) is 6.07 Å². The Morgan fingerprint density at radius 2 is 1.92 bits per heavy atom. The first-order valence-electron chi connectivity index (χ1n) is 7.09. The minimum Gasteiger partial charge on any atom is -0.486 e. The Kier molecular flexibility index (Phi) is 5.61. The molecule has 0 spiro atoms. The summed E-state index contributed by atoms with van der Waals surface area (Å²) in [4.78, 5) is 12.1. The molecule has 0 atom stereocenters. The summed E-state index contributed by atoms with van der Waals surface area (Å²) < 4.78 is 20.7. The van der Waals surface area contributed by atoms with E-state index in [2.05, 4.69) is 37.2 Å². The van der Waals surface area contributed by atoms with Crippen molar-refractivity contribution in [2.24, 2.45) is 0 Å². The van der Waals surface area contributed by atoms with Crippen molar-refractivity contribution in [1.82, 2.24) is 5.32 Å². The third-order valence-corrected chi connectivity index (χ3v) is 5.32. The van der Waals surface area contributed by atoms with Gasteiger partial charge in [0.2, 0.25) is 0 Å². The van der Waals surface area contributed by atoms with Gasteiger partial charge in [0.25, 0.3) is 5.91 Å². The minimum atomic E-state index is -0.317. The van der Waals surface area contributed by atoms with Crippen molar-refractivity contribution >= 4 is 60.8 Å². The van der Waals surface area contributed by atoms with E-state index in [1.54, 1.807) is 36.4 Å². The van der Waals surface area contributed by atoms with Crippen molar-refractivity contribution in [3.63, 3.8) is 0 Å². The zero-order valence-electron chi connectivity index (χ0n) is 12.6. The van der Waals surface area contributed by atoms with Crippen LogP contribution in [0.25, 0.3) is 6.08 Å². The van der Waals surface area contributed by atoms with Crippen LogP contribution in [0.5, 0.6) is 5.75 Å². The number of amides is 1. The Balaban J connectivity index is 1.81. The number of thioether (sulfide) groups is 1. The predicted octanol–water partition coefficient (Wildman–Crippen LogP) is 5.07. The van der Waals surface area contributed by atoms with E-state index in [0.717, 1.165) is 17.3 Å². The zero-order valence-corrected chi connectivity index (χ0v) is 16.6. The highest BCUT2D eigenvalue weighted by molar-refractivity contribution is 9.11. The van der Waals surface area contributed by atoms with Crippen LogP contribution in [-0.4, -0.2) is 11.1 Å². The number of carbonyl (C=O) groups excluding carboxylic acids is 1. The van der Waals surface area contributed by atoms with E-state index in [-0.39, 0.29) is 23.5 Å². The second-order valence-corrected chi connectivity index (χ2v) is 7.85. The number of benzene rings is 2. The maximum Gasteiger partial charge on any atom is 0.264 e. The van der Waals surface area contributed by atoms with Gasteiger partial charge in [0, 0.05) is 5.56 Å². The average molecular weight is 486 g/mol. The number of rotatable bonds is 4. The normalized spacial score (nSPS) is 15.6. The fourth-order valence-electron chi connectivity index (χ4n) is 2.16. The molecule has 1 saturated heterocycles. The molecule has 2 N–H and O–H groups in total. The molecule has 3 rings (SSSR count). The van der Waals surface area contributed by atoms with Gasteiger partial charge in [-0.3, -0.25) is 10.2 Å². The summed E-state index contributed by atoms with van der Waals surface area (Å²) in [6.07, 6.45) is 1.69. The van der Waals surface area contributed by atoms with Gasteiger partial charge in [-0.25, -0.2) is 4.39 Å². The average Bonchev–Trinajstić information content (AvgIpc) is 2.85. The van der Waals surface area contributed by atoms with E-state index >= 15 is 0 Å². The molecule has 25 heavy (non-hydrogen) atoms. The van der Waals surface area contributed by atoms with Crippen molar-refractivity contribution in [3.8, 4) is 5.75 Å². The minimum absolute atomic E-state index is 0.0970. The highest BCUT2D eigenvalue weighted by Crippen LogP contribution is 2.37. The number of ether oxygens (including phenoxy) is 1. The van der Waals surface area contributed by atoms with Crippen LogP contribution in [0.4, 0.5) is 4.39 Å². The molecule has 0 aromatic heterocycles. The second-order valence-electron chi connectivity index (χ2n) is 5.09. The summed E-state index contributed by atoms with van der Waals surface area (Å²) in [6.45, 7) is 0.0970. The molecule has 2 aromatic rings. The van der Waals surface area contributed by atoms with Gasteiger partial charge >= 0.3 is 0 Å². The Labute approximate surface area is 164 Å². The Morgan fingerprint density at radius 3 is 2.52 bits per heavy atom. The molecule has 0 bridgehead atoms. The molecule has 8 heteroatoms. The summed E-state index contributed by atoms with van der Waals surface area (Å²) in [6, 6.07) is 10.0. The van der Waals surface area contributed by atoms with Gasteiger partial charge in [-0.1, -0.05) is 18.2 Å². The van der Waals surface area contributed by atoms with E-state index < -0.39 is 0 Å². The van der Waals surface area contributed by atoms with Crippen molar-refractivity contribution < 1.29 is 13.9 Å². The maximum absolute atomic E-state index is 13.7. The lowest BCUT2D eigenvalue weighted by Crippen LogP contribution is -2.18. The standard InChI is InChI=1S/C17H11Br2FN2O2S/c18-11-5-9(7-14-16(23)22-17(21)25-14)6-12(19)15(11)24-8-10-3-1-2-4-13(10)20/h1-7H,8H2,(H2,21,22,23). The molecule has 2 aromatic carbocycles. The van der Waals surface area contributed by atoms with Crippen LogP contribution in [0.2, 0.25) is 0 Å². The number of carbonyl (C=O) groups is 1. The molecule has 128 valence electrons. The fraction of sp³-hybridized carbons (Fsp3) is 0.0588. The van der Waals surface area contributed by atoms with Crippen molar-refractivity contribution in [2.45, 2.75) is 6.61 Å². The lowest BCUT2D eigenvalue weighted by molar-refractivity contribution is -0.115. The largest absolute Gasteiger partial charge is 0.486 e. The molecule has 0 aliphatic carbocycles. The molecule has 0 radical (unpaired) electrons. The van der Waals surface area contributed by atoms with Crippen LogP contribution in [-0.2, 0) is 11.4 Å². The van der Waals surface area contributed by atoms with Crippen LogP contribution >= 0.6 is 43.6 Å². The van der Waals surface area contributed by atoms with E-state index in [9.17, 15) is 9.18 Å². The van der Waals surface area contributed by atoms with Gasteiger partial charge in [0.15, 0.2) is 5.17 Å². The molecule has 4 nitrogen and oxygen atoms in total. The Bertz CT molecular complexity index is 879. The molecule has 1 amide bonds. The van der Waals surface area contributed by atoms with Crippen LogP contribution in [0, 0.1) is 11.2 Å². The third kappa shape index (κ3) is 4.31. The summed E-state index contributed by atoms with van der Waals surface area (Å²) in [5, 5.41) is 10.0. The number of hydrogen-bond donors (Lipinski definition) is 2. The molecule has 1 fully saturated rings. The predicted molar refractivity (Wildman–Crippen MR) is 104 cm³/mol. The lowest BCUT2D eigenvalue weighted by Gasteiger charge is -2.12. The quantitative estimate of drug-likeness (QED) is 0.594. The second kappa shape index (κ2) is 7.72. The summed E-state index contributed by atoms with van der Waals surface area (Å²) in [7, 11) is 0. The summed E-state index contributed by atoms with van der Waals surface area (Å²) in [5.41, 5.74) is 1.23. The maximum atomic E-state index is 13.7. The molecule has 1 aliphatic heterocycles. The van der Waals surface area contributed by atoms with Crippen LogP contribution in [0.3, 0.4) is 0 Å². The monoisotopic (exact) mass is 484 g/mol. The summed E-state index contributed by atoms with van der Waals surface area (Å²) >= 11 is 7.95. The number of amidine groups is 1. The summed E-state index contributed by atoms with van der Waals surface area (Å²) in [5.74, 6) is -0.0633. The van der Waals surface area contributed by atoms with Gasteiger partial charge in [0.05, 0.1) is 13.9 Å². The zero-order chi connectivity index (χ0) is 18.0. The first-order valence-corrected chi connectivity index (χ1v) is 9.49. The smallest absolute Gasteiger partial charge is 0.264 e. The van der Waals surface area contributed by atoms with E-state index in [4.69, 9.17) is 10.1 Å². The van der Waals surface area contributed by atoms with Gasteiger partial charge in [-0.05, 0) is 73.5 Å². The molecule has 1 aliphatic rings. The Hall–Kier alpha value is -1.64. The molecular weight excluding hydrogens is 475 g/mol. The van der Waals surface area contributed by atoms with Crippen LogP contribution in [0.1, 0.15) is 11.1 Å². The number of nitrogens with one attached hydrogen (secondary N) is 2. The van der Waals surface area contributed by atoms with E-state index in [0.29, 0.717) is 25.2 Å². The first kappa shape index (κ1) is 18.2. The Morgan fingerprint density at radius 1 is 1.24 bits per heavy atom. The van der Waals surface area contributed by atoms with Gasteiger partial charge < -0.3 is 10.1 Å².